The largest absolute Gasteiger partial charge is 0.487 e. The Hall–Kier alpha value is -3.21. The molecule has 0 aliphatic rings. The van der Waals surface area contributed by atoms with Crippen LogP contribution in [0.3, 0.4) is 0 Å². The molecular weight excluding hydrogens is 317 g/mol. The van der Waals surface area contributed by atoms with Crippen LogP contribution in [0.1, 0.15) is 11.3 Å². The molecule has 4 nitrogen and oxygen atoms in total. The molecule has 5 heteroatoms. The summed E-state index contributed by atoms with van der Waals surface area (Å²) < 4.78 is 20.8. The predicted molar refractivity (Wildman–Crippen MR) is 93.8 cm³/mol. The van der Waals surface area contributed by atoms with Crippen LogP contribution < -0.4 is 4.74 Å². The average molecular weight is 333 g/mol. The fraction of sp³-hybridized carbons (Fsp3) is 0.100. The summed E-state index contributed by atoms with van der Waals surface area (Å²) in [5.41, 5.74) is 1.57. The van der Waals surface area contributed by atoms with Gasteiger partial charge in [0.15, 0.2) is 0 Å². The number of halogens is 1. The molecule has 3 aromatic carbocycles. The number of hydrogen-bond acceptors (Lipinski definition) is 3. The molecular formula is C20H16FN3O. The van der Waals surface area contributed by atoms with Gasteiger partial charge in [-0.2, -0.15) is 0 Å². The molecule has 124 valence electrons. The SMILES string of the molecule is Fc1cccc(Cn2cc(COc3cccc4ccccc34)nn2)c1. The van der Waals surface area contributed by atoms with Crippen LogP contribution in [0.15, 0.2) is 72.9 Å². The van der Waals surface area contributed by atoms with Gasteiger partial charge in [-0.1, -0.05) is 53.7 Å². The van der Waals surface area contributed by atoms with Gasteiger partial charge in [-0.25, -0.2) is 9.07 Å². The van der Waals surface area contributed by atoms with Crippen molar-refractivity contribution in [2.75, 3.05) is 0 Å². The van der Waals surface area contributed by atoms with Crippen LogP contribution in [0.25, 0.3) is 10.8 Å². The maximum Gasteiger partial charge on any atom is 0.134 e. The van der Waals surface area contributed by atoms with Gasteiger partial charge in [0, 0.05) is 5.39 Å². The third-order valence-electron chi connectivity index (χ3n) is 3.94. The van der Waals surface area contributed by atoms with Crippen molar-refractivity contribution in [3.63, 3.8) is 0 Å². The van der Waals surface area contributed by atoms with E-state index in [-0.39, 0.29) is 5.82 Å². The smallest absolute Gasteiger partial charge is 0.134 e. The number of rotatable bonds is 5. The summed E-state index contributed by atoms with van der Waals surface area (Å²) in [5.74, 6) is 0.565. The molecule has 0 amide bonds. The number of hydrogen-bond donors (Lipinski definition) is 0. The number of ether oxygens (including phenoxy) is 1. The quantitative estimate of drug-likeness (QED) is 0.549. The Balaban J connectivity index is 1.46. The van der Waals surface area contributed by atoms with Crippen molar-refractivity contribution < 1.29 is 9.13 Å². The van der Waals surface area contributed by atoms with Crippen molar-refractivity contribution in [1.82, 2.24) is 15.0 Å². The zero-order valence-corrected chi connectivity index (χ0v) is 13.5. The van der Waals surface area contributed by atoms with Gasteiger partial charge in [0.2, 0.25) is 0 Å². The topological polar surface area (TPSA) is 39.9 Å². The minimum Gasteiger partial charge on any atom is -0.487 e. The molecule has 0 bridgehead atoms. The van der Waals surface area contributed by atoms with E-state index in [4.69, 9.17) is 4.74 Å². The third-order valence-corrected chi connectivity index (χ3v) is 3.94. The van der Waals surface area contributed by atoms with Gasteiger partial charge in [0.1, 0.15) is 23.9 Å². The number of benzene rings is 3. The highest BCUT2D eigenvalue weighted by molar-refractivity contribution is 5.88. The van der Waals surface area contributed by atoms with Gasteiger partial charge in [0.05, 0.1) is 12.7 Å². The second kappa shape index (κ2) is 6.73. The first-order valence-corrected chi connectivity index (χ1v) is 8.02. The molecule has 0 saturated carbocycles. The van der Waals surface area contributed by atoms with Gasteiger partial charge < -0.3 is 4.74 Å². The van der Waals surface area contributed by atoms with Gasteiger partial charge in [-0.05, 0) is 29.1 Å². The normalized spacial score (nSPS) is 10.9. The number of aromatic nitrogens is 3. The Bertz CT molecular complexity index is 1010. The molecule has 25 heavy (non-hydrogen) atoms. The van der Waals surface area contributed by atoms with E-state index >= 15 is 0 Å². The lowest BCUT2D eigenvalue weighted by Crippen LogP contribution is -2.00. The van der Waals surface area contributed by atoms with E-state index in [2.05, 4.69) is 22.4 Å². The standard InChI is InChI=1S/C20H16FN3O/c21-17-8-3-5-15(11-17)12-24-13-18(22-23-24)14-25-20-10-4-7-16-6-1-2-9-19(16)20/h1-11,13H,12,14H2. The van der Waals surface area contributed by atoms with Crippen LogP contribution >= 0.6 is 0 Å². The highest BCUT2D eigenvalue weighted by atomic mass is 19.1. The maximum absolute atomic E-state index is 13.2. The third kappa shape index (κ3) is 3.50. The molecule has 0 atom stereocenters. The first kappa shape index (κ1) is 15.3. The second-order valence-corrected chi connectivity index (χ2v) is 5.80. The van der Waals surface area contributed by atoms with Gasteiger partial charge >= 0.3 is 0 Å². The number of nitrogens with zero attached hydrogens (tertiary/aromatic N) is 3. The fourth-order valence-electron chi connectivity index (χ4n) is 2.78. The van der Waals surface area contributed by atoms with Crippen LogP contribution in [0, 0.1) is 5.82 Å². The van der Waals surface area contributed by atoms with Crippen LogP contribution in [0.4, 0.5) is 4.39 Å². The lowest BCUT2D eigenvalue weighted by Gasteiger charge is -2.07. The zero-order valence-electron chi connectivity index (χ0n) is 13.5. The molecule has 0 radical (unpaired) electrons. The van der Waals surface area contributed by atoms with Crippen molar-refractivity contribution in [1.29, 1.82) is 0 Å². The highest BCUT2D eigenvalue weighted by Crippen LogP contribution is 2.25. The van der Waals surface area contributed by atoms with E-state index in [1.54, 1.807) is 10.7 Å². The van der Waals surface area contributed by atoms with E-state index in [0.29, 0.717) is 13.2 Å². The summed E-state index contributed by atoms with van der Waals surface area (Å²) in [6.07, 6.45) is 1.82. The van der Waals surface area contributed by atoms with Crippen LogP contribution in [-0.2, 0) is 13.2 Å². The van der Waals surface area contributed by atoms with E-state index in [1.807, 2.05) is 42.6 Å². The molecule has 0 unspecified atom stereocenters. The zero-order chi connectivity index (χ0) is 17.1. The van der Waals surface area contributed by atoms with Gasteiger partial charge in [-0.3, -0.25) is 0 Å². The molecule has 4 aromatic rings. The second-order valence-electron chi connectivity index (χ2n) is 5.80. The Morgan fingerprint density at radius 2 is 1.80 bits per heavy atom. The van der Waals surface area contributed by atoms with Crippen molar-refractivity contribution in [2.45, 2.75) is 13.2 Å². The minimum atomic E-state index is -0.253. The lowest BCUT2D eigenvalue weighted by atomic mass is 10.1. The molecule has 0 aliphatic carbocycles. The van der Waals surface area contributed by atoms with Crippen molar-refractivity contribution >= 4 is 10.8 Å². The van der Waals surface area contributed by atoms with Crippen LogP contribution in [-0.4, -0.2) is 15.0 Å². The lowest BCUT2D eigenvalue weighted by molar-refractivity contribution is 0.305. The van der Waals surface area contributed by atoms with Crippen LogP contribution in [0.5, 0.6) is 5.75 Å². The monoisotopic (exact) mass is 333 g/mol. The van der Waals surface area contributed by atoms with E-state index in [1.165, 1.54) is 12.1 Å². The molecule has 1 aromatic heterocycles. The first-order chi connectivity index (χ1) is 12.3. The summed E-state index contributed by atoms with van der Waals surface area (Å²) in [6, 6.07) is 20.5. The minimum absolute atomic E-state index is 0.253. The molecule has 0 N–H and O–H groups in total. The van der Waals surface area contributed by atoms with Crippen molar-refractivity contribution in [3.8, 4) is 5.75 Å². The molecule has 0 fully saturated rings. The Morgan fingerprint density at radius 1 is 0.960 bits per heavy atom. The van der Waals surface area contributed by atoms with Crippen LogP contribution in [0.2, 0.25) is 0 Å². The average Bonchev–Trinajstić information content (AvgIpc) is 3.07. The van der Waals surface area contributed by atoms with E-state index in [9.17, 15) is 4.39 Å². The van der Waals surface area contributed by atoms with Gasteiger partial charge in [0.25, 0.3) is 0 Å². The Kier molecular flexibility index (Phi) is 4.12. The summed E-state index contributed by atoms with van der Waals surface area (Å²) in [4.78, 5) is 0. The molecule has 4 rings (SSSR count). The summed E-state index contributed by atoms with van der Waals surface area (Å²) in [5, 5.41) is 10.4. The van der Waals surface area contributed by atoms with Gasteiger partial charge in [-0.15, -0.1) is 5.10 Å². The summed E-state index contributed by atoms with van der Waals surface area (Å²) in [7, 11) is 0. The van der Waals surface area contributed by atoms with Crippen molar-refractivity contribution in [2.24, 2.45) is 0 Å². The first-order valence-electron chi connectivity index (χ1n) is 8.02. The van der Waals surface area contributed by atoms with E-state index in [0.717, 1.165) is 27.8 Å². The molecule has 0 saturated heterocycles. The summed E-state index contributed by atoms with van der Waals surface area (Å²) >= 11 is 0. The number of fused-ring (bicyclic) bond motifs is 1. The Morgan fingerprint density at radius 3 is 2.72 bits per heavy atom. The van der Waals surface area contributed by atoms with Crippen molar-refractivity contribution in [3.05, 3.63) is 90.0 Å². The predicted octanol–water partition coefficient (Wildman–Crippen LogP) is 4.20. The van der Waals surface area contributed by atoms with E-state index < -0.39 is 0 Å². The molecule has 0 aliphatic heterocycles. The summed E-state index contributed by atoms with van der Waals surface area (Å²) in [6.45, 7) is 0.802. The molecule has 1 heterocycles. The highest BCUT2D eigenvalue weighted by Gasteiger charge is 2.06. The Labute approximate surface area is 144 Å². The molecule has 0 spiro atoms. The maximum atomic E-state index is 13.2. The fourth-order valence-corrected chi connectivity index (χ4v) is 2.78.